The molecule has 6 nitrogen and oxygen atoms in total. The number of aromatic nitrogens is 1. The summed E-state index contributed by atoms with van der Waals surface area (Å²) in [6.07, 6.45) is 0.477. The van der Waals surface area contributed by atoms with Crippen LogP contribution in [0.2, 0.25) is 0 Å². The van der Waals surface area contributed by atoms with Crippen LogP contribution in [0.4, 0.5) is 0 Å². The van der Waals surface area contributed by atoms with Crippen molar-refractivity contribution in [2.45, 2.75) is 12.5 Å². The summed E-state index contributed by atoms with van der Waals surface area (Å²) in [6, 6.07) is 8.39. The topological polar surface area (TPSA) is 105 Å². The van der Waals surface area contributed by atoms with E-state index in [0.717, 1.165) is 5.56 Å². The Morgan fingerprint density at radius 2 is 2.05 bits per heavy atom. The van der Waals surface area contributed by atoms with Crippen LogP contribution in [0, 0.1) is 0 Å². The summed E-state index contributed by atoms with van der Waals surface area (Å²) in [5, 5.41) is 13.6. The third-order valence-corrected chi connectivity index (χ3v) is 3.76. The Morgan fingerprint density at radius 1 is 1.33 bits per heavy atom. The molecule has 0 radical (unpaired) electrons. The van der Waals surface area contributed by atoms with E-state index in [0.29, 0.717) is 18.0 Å². The van der Waals surface area contributed by atoms with Crippen molar-refractivity contribution in [3.8, 4) is 0 Å². The monoisotopic (exact) mass is 305 g/mol. The number of amides is 1. The fraction of sp³-hybridized carbons (Fsp3) is 0.214. The molecule has 2 rings (SSSR count). The van der Waals surface area contributed by atoms with Crippen molar-refractivity contribution in [3.05, 3.63) is 52.0 Å². The second-order valence-electron chi connectivity index (χ2n) is 4.36. The summed E-state index contributed by atoms with van der Waals surface area (Å²) in [6.45, 7) is 0.367. The Bertz CT molecular complexity index is 627. The number of carbonyl (C=O) groups is 2. The molecule has 7 heteroatoms. The second-order valence-corrected chi connectivity index (χ2v) is 5.30. The highest BCUT2D eigenvalue weighted by molar-refractivity contribution is 7.09. The maximum atomic E-state index is 11.9. The van der Waals surface area contributed by atoms with Crippen LogP contribution < -0.4 is 11.1 Å². The van der Waals surface area contributed by atoms with E-state index < -0.39 is 12.0 Å². The van der Waals surface area contributed by atoms with E-state index >= 15 is 0 Å². The molecule has 2 aromatic rings. The SMILES string of the molecule is N[C@@H](C(=O)NCCc1nc(C(=O)O)cs1)c1ccccc1. The van der Waals surface area contributed by atoms with Crippen molar-refractivity contribution in [3.63, 3.8) is 0 Å². The summed E-state index contributed by atoms with van der Waals surface area (Å²) >= 11 is 1.26. The summed E-state index contributed by atoms with van der Waals surface area (Å²) in [4.78, 5) is 26.5. The first kappa shape index (κ1) is 15.1. The van der Waals surface area contributed by atoms with Crippen molar-refractivity contribution in [1.82, 2.24) is 10.3 Å². The number of nitrogens with zero attached hydrogens (tertiary/aromatic N) is 1. The summed E-state index contributed by atoms with van der Waals surface area (Å²) in [7, 11) is 0. The smallest absolute Gasteiger partial charge is 0.355 e. The van der Waals surface area contributed by atoms with Gasteiger partial charge in [0, 0.05) is 18.3 Å². The molecule has 1 aromatic carbocycles. The minimum Gasteiger partial charge on any atom is -0.476 e. The van der Waals surface area contributed by atoms with Crippen LogP contribution in [-0.2, 0) is 11.2 Å². The van der Waals surface area contributed by atoms with E-state index in [2.05, 4.69) is 10.3 Å². The van der Waals surface area contributed by atoms with Crippen LogP contribution >= 0.6 is 11.3 Å². The number of nitrogens with two attached hydrogens (primary N) is 1. The highest BCUT2D eigenvalue weighted by atomic mass is 32.1. The molecule has 0 unspecified atom stereocenters. The van der Waals surface area contributed by atoms with E-state index in [4.69, 9.17) is 10.8 Å². The van der Waals surface area contributed by atoms with Crippen LogP contribution in [0.3, 0.4) is 0 Å². The van der Waals surface area contributed by atoms with Gasteiger partial charge < -0.3 is 16.2 Å². The Hall–Kier alpha value is -2.25. The largest absolute Gasteiger partial charge is 0.476 e. The lowest BCUT2D eigenvalue weighted by atomic mass is 10.1. The molecule has 0 aliphatic rings. The van der Waals surface area contributed by atoms with E-state index in [-0.39, 0.29) is 11.6 Å². The molecule has 0 fully saturated rings. The minimum absolute atomic E-state index is 0.0299. The average molecular weight is 305 g/mol. The molecule has 0 saturated heterocycles. The summed E-state index contributed by atoms with van der Waals surface area (Å²) in [5.74, 6) is -1.32. The van der Waals surface area contributed by atoms with Crippen LogP contribution in [0.25, 0.3) is 0 Å². The molecule has 0 aliphatic carbocycles. The van der Waals surface area contributed by atoms with Gasteiger partial charge in [-0.3, -0.25) is 4.79 Å². The Kier molecular flexibility index (Phi) is 5.02. The Labute approximate surface area is 125 Å². The summed E-state index contributed by atoms with van der Waals surface area (Å²) in [5.41, 5.74) is 6.64. The average Bonchev–Trinajstić information content (AvgIpc) is 2.96. The number of aromatic carboxylic acids is 1. The molecule has 0 aliphatic heterocycles. The number of nitrogens with one attached hydrogen (secondary N) is 1. The molecule has 21 heavy (non-hydrogen) atoms. The minimum atomic E-state index is -1.05. The third kappa shape index (κ3) is 4.11. The standard InChI is InChI=1S/C14H15N3O3S/c15-12(9-4-2-1-3-5-9)13(18)16-7-6-11-17-10(8-21-11)14(19)20/h1-5,8,12H,6-7,15H2,(H,16,18)(H,19,20)/t12-/m1/s1. The maximum Gasteiger partial charge on any atom is 0.355 e. The van der Waals surface area contributed by atoms with Crippen molar-refractivity contribution in [2.75, 3.05) is 6.54 Å². The van der Waals surface area contributed by atoms with Crippen molar-refractivity contribution in [2.24, 2.45) is 5.73 Å². The zero-order chi connectivity index (χ0) is 15.2. The van der Waals surface area contributed by atoms with Crippen LogP contribution in [0.15, 0.2) is 35.7 Å². The predicted molar refractivity (Wildman–Crippen MR) is 79.2 cm³/mol. The highest BCUT2D eigenvalue weighted by Gasteiger charge is 2.15. The van der Waals surface area contributed by atoms with Crippen molar-refractivity contribution >= 4 is 23.2 Å². The fourth-order valence-electron chi connectivity index (χ4n) is 1.74. The zero-order valence-corrected chi connectivity index (χ0v) is 12.0. The van der Waals surface area contributed by atoms with Gasteiger partial charge in [-0.2, -0.15) is 0 Å². The first-order valence-electron chi connectivity index (χ1n) is 6.34. The zero-order valence-electron chi connectivity index (χ0n) is 11.2. The fourth-order valence-corrected chi connectivity index (χ4v) is 2.51. The van der Waals surface area contributed by atoms with Crippen molar-refractivity contribution in [1.29, 1.82) is 0 Å². The van der Waals surface area contributed by atoms with Gasteiger partial charge in [0.25, 0.3) is 0 Å². The van der Waals surface area contributed by atoms with Gasteiger partial charge >= 0.3 is 5.97 Å². The molecule has 110 valence electrons. The summed E-state index contributed by atoms with van der Waals surface area (Å²) < 4.78 is 0. The molecular weight excluding hydrogens is 290 g/mol. The number of rotatable bonds is 6. The number of carbonyl (C=O) groups excluding carboxylic acids is 1. The molecule has 0 bridgehead atoms. The van der Waals surface area contributed by atoms with Gasteiger partial charge in [-0.15, -0.1) is 11.3 Å². The predicted octanol–water partition coefficient (Wildman–Crippen LogP) is 1.20. The molecular formula is C14H15N3O3S. The molecule has 1 amide bonds. The molecule has 4 N–H and O–H groups in total. The van der Waals surface area contributed by atoms with Gasteiger partial charge in [0.1, 0.15) is 6.04 Å². The van der Waals surface area contributed by atoms with Gasteiger partial charge in [-0.25, -0.2) is 9.78 Å². The molecule has 1 atom stereocenters. The van der Waals surface area contributed by atoms with Gasteiger partial charge in [0.15, 0.2) is 5.69 Å². The van der Waals surface area contributed by atoms with Crippen LogP contribution in [-0.4, -0.2) is 28.5 Å². The van der Waals surface area contributed by atoms with E-state index in [9.17, 15) is 9.59 Å². The van der Waals surface area contributed by atoms with Gasteiger partial charge in [0.2, 0.25) is 5.91 Å². The van der Waals surface area contributed by atoms with Gasteiger partial charge in [-0.1, -0.05) is 30.3 Å². The van der Waals surface area contributed by atoms with E-state index in [1.165, 1.54) is 16.7 Å². The lowest BCUT2D eigenvalue weighted by Gasteiger charge is -2.11. The normalized spacial score (nSPS) is 11.9. The number of benzene rings is 1. The molecule has 1 aromatic heterocycles. The second kappa shape index (κ2) is 6.96. The third-order valence-electron chi connectivity index (χ3n) is 2.85. The number of carboxylic acids is 1. The first-order valence-corrected chi connectivity index (χ1v) is 7.22. The quantitative estimate of drug-likeness (QED) is 0.743. The van der Waals surface area contributed by atoms with Gasteiger partial charge in [-0.05, 0) is 5.56 Å². The molecule has 0 saturated carbocycles. The Morgan fingerprint density at radius 3 is 2.67 bits per heavy atom. The van der Waals surface area contributed by atoms with Gasteiger partial charge in [0.05, 0.1) is 5.01 Å². The number of thiazole rings is 1. The van der Waals surface area contributed by atoms with E-state index in [1.807, 2.05) is 18.2 Å². The van der Waals surface area contributed by atoms with Crippen LogP contribution in [0.1, 0.15) is 27.1 Å². The number of hydrogen-bond donors (Lipinski definition) is 3. The molecule has 0 spiro atoms. The Balaban J connectivity index is 1.82. The maximum absolute atomic E-state index is 11.9. The number of carboxylic acid groups (broad SMARTS) is 1. The van der Waals surface area contributed by atoms with Crippen LogP contribution in [0.5, 0.6) is 0 Å². The number of hydrogen-bond acceptors (Lipinski definition) is 5. The van der Waals surface area contributed by atoms with Crippen molar-refractivity contribution < 1.29 is 14.7 Å². The molecule has 1 heterocycles. The first-order chi connectivity index (χ1) is 10.1. The van der Waals surface area contributed by atoms with E-state index in [1.54, 1.807) is 12.1 Å². The highest BCUT2D eigenvalue weighted by Crippen LogP contribution is 2.11. The lowest BCUT2D eigenvalue weighted by molar-refractivity contribution is -0.122. The lowest BCUT2D eigenvalue weighted by Crippen LogP contribution is -2.35.